The van der Waals surface area contributed by atoms with Gasteiger partial charge in [0.05, 0.1) is 19.8 Å². The lowest BCUT2D eigenvalue weighted by Crippen LogP contribution is -2.56. The summed E-state index contributed by atoms with van der Waals surface area (Å²) in [4.78, 5) is 26.3. The molecule has 0 spiro atoms. The molecule has 2 N–H and O–H groups in total. The number of nitrogens with zero attached hydrogens (tertiary/aromatic N) is 1. The summed E-state index contributed by atoms with van der Waals surface area (Å²) in [6.45, 7) is 7.86. The summed E-state index contributed by atoms with van der Waals surface area (Å²) in [5.41, 5.74) is 0.384. The molecule has 1 aliphatic rings. The van der Waals surface area contributed by atoms with Crippen molar-refractivity contribution in [3.63, 3.8) is 0 Å². The number of carbonyl (C=O) groups is 2. The summed E-state index contributed by atoms with van der Waals surface area (Å²) < 4.78 is 6.26. The van der Waals surface area contributed by atoms with Crippen LogP contribution in [0.2, 0.25) is 0 Å². The minimum Gasteiger partial charge on any atom is -0.379 e. The van der Waals surface area contributed by atoms with Crippen LogP contribution in [0.1, 0.15) is 24.2 Å². The van der Waals surface area contributed by atoms with E-state index >= 15 is 0 Å². The highest BCUT2D eigenvalue weighted by atomic mass is 79.9. The molecule has 0 unspecified atom stereocenters. The van der Waals surface area contributed by atoms with Gasteiger partial charge in [0.25, 0.3) is 5.91 Å². The van der Waals surface area contributed by atoms with Crippen molar-refractivity contribution < 1.29 is 14.3 Å². The molecule has 24 heavy (non-hydrogen) atoms. The second-order valence-corrected chi connectivity index (χ2v) is 7.29. The van der Waals surface area contributed by atoms with Crippen molar-refractivity contribution in [2.75, 3.05) is 39.4 Å². The molecule has 0 radical (unpaired) electrons. The third kappa shape index (κ3) is 5.58. The molecule has 0 aromatic heterocycles. The minimum atomic E-state index is -0.259. The molecule has 6 nitrogen and oxygen atoms in total. The van der Waals surface area contributed by atoms with E-state index in [1.807, 2.05) is 0 Å². The predicted molar refractivity (Wildman–Crippen MR) is 96.0 cm³/mol. The largest absolute Gasteiger partial charge is 0.379 e. The van der Waals surface area contributed by atoms with Crippen LogP contribution >= 0.6 is 15.9 Å². The van der Waals surface area contributed by atoms with Crippen LogP contribution in [0.25, 0.3) is 0 Å². The first-order chi connectivity index (χ1) is 11.4. The number of hydrogen-bond acceptors (Lipinski definition) is 4. The Balaban J connectivity index is 1.74. The number of amides is 2. The Morgan fingerprint density at radius 3 is 2.42 bits per heavy atom. The van der Waals surface area contributed by atoms with Crippen molar-refractivity contribution >= 4 is 27.7 Å². The van der Waals surface area contributed by atoms with E-state index < -0.39 is 0 Å². The van der Waals surface area contributed by atoms with Gasteiger partial charge < -0.3 is 15.4 Å². The zero-order valence-corrected chi connectivity index (χ0v) is 15.7. The first-order valence-corrected chi connectivity index (χ1v) is 8.81. The molecule has 0 saturated carbocycles. The third-order valence-electron chi connectivity index (χ3n) is 4.10. The maximum Gasteiger partial charge on any atom is 0.251 e. The van der Waals surface area contributed by atoms with Gasteiger partial charge in [0.15, 0.2) is 0 Å². The fourth-order valence-electron chi connectivity index (χ4n) is 2.52. The number of nitrogens with one attached hydrogen (secondary N) is 2. The number of rotatable bonds is 6. The van der Waals surface area contributed by atoms with Crippen LogP contribution in [-0.4, -0.2) is 61.6 Å². The molecule has 132 valence electrons. The van der Waals surface area contributed by atoms with Crippen LogP contribution in [-0.2, 0) is 9.53 Å². The lowest BCUT2D eigenvalue weighted by atomic mass is 10.0. The first-order valence-electron chi connectivity index (χ1n) is 8.02. The summed E-state index contributed by atoms with van der Waals surface area (Å²) >= 11 is 3.32. The van der Waals surface area contributed by atoms with Crippen LogP contribution in [0.3, 0.4) is 0 Å². The average Bonchev–Trinajstić information content (AvgIpc) is 2.59. The topological polar surface area (TPSA) is 70.7 Å². The summed E-state index contributed by atoms with van der Waals surface area (Å²) in [5, 5.41) is 5.53. The maximum absolute atomic E-state index is 12.0. The number of ether oxygens (including phenoxy) is 1. The number of hydrogen-bond donors (Lipinski definition) is 2. The second kappa shape index (κ2) is 8.60. The van der Waals surface area contributed by atoms with E-state index in [0.717, 1.165) is 30.8 Å². The second-order valence-electron chi connectivity index (χ2n) is 6.38. The van der Waals surface area contributed by atoms with Crippen LogP contribution in [0.5, 0.6) is 0 Å². The Bertz CT molecular complexity index is 569. The van der Waals surface area contributed by atoms with Gasteiger partial charge in [0.2, 0.25) is 5.91 Å². The minimum absolute atomic E-state index is 0.0336. The fraction of sp³-hybridized carbons (Fsp3) is 0.529. The van der Waals surface area contributed by atoms with E-state index in [2.05, 4.69) is 45.3 Å². The maximum atomic E-state index is 12.0. The monoisotopic (exact) mass is 397 g/mol. The third-order valence-corrected chi connectivity index (χ3v) is 4.63. The van der Waals surface area contributed by atoms with Gasteiger partial charge in [0.1, 0.15) is 0 Å². The molecule has 0 aliphatic carbocycles. The van der Waals surface area contributed by atoms with Crippen molar-refractivity contribution in [1.29, 1.82) is 0 Å². The average molecular weight is 398 g/mol. The zero-order chi connectivity index (χ0) is 17.6. The van der Waals surface area contributed by atoms with Gasteiger partial charge in [-0.05, 0) is 38.1 Å². The molecule has 1 aromatic carbocycles. The summed E-state index contributed by atoms with van der Waals surface area (Å²) in [5.74, 6) is -0.452. The quantitative estimate of drug-likeness (QED) is 0.760. The molecule has 1 aromatic rings. The van der Waals surface area contributed by atoms with Gasteiger partial charge in [-0.2, -0.15) is 0 Å². The summed E-state index contributed by atoms with van der Waals surface area (Å²) in [6, 6.07) is 7.00. The number of halogens is 1. The van der Waals surface area contributed by atoms with Crippen LogP contribution in [0.15, 0.2) is 28.7 Å². The normalized spacial score (nSPS) is 15.8. The van der Waals surface area contributed by atoms with E-state index in [1.54, 1.807) is 24.3 Å². The number of carbonyl (C=O) groups excluding carboxylic acids is 2. The standard InChI is InChI=1S/C17H24BrN3O3/c1-17(2,21-7-9-24-10-8-21)12-20-15(22)11-19-16(23)13-3-5-14(18)6-4-13/h3-6H,7-12H2,1-2H3,(H,19,23)(H,20,22). The predicted octanol–water partition coefficient (Wildman–Crippen LogP) is 1.41. The highest BCUT2D eigenvalue weighted by molar-refractivity contribution is 9.10. The zero-order valence-electron chi connectivity index (χ0n) is 14.1. The van der Waals surface area contributed by atoms with Crippen molar-refractivity contribution in [3.8, 4) is 0 Å². The first kappa shape index (κ1) is 18.9. The molecular weight excluding hydrogens is 374 g/mol. The lowest BCUT2D eigenvalue weighted by molar-refractivity contribution is -0.120. The van der Waals surface area contributed by atoms with E-state index in [-0.39, 0.29) is 23.9 Å². The van der Waals surface area contributed by atoms with Crippen molar-refractivity contribution in [1.82, 2.24) is 15.5 Å². The molecule has 1 aliphatic heterocycles. The molecule has 7 heteroatoms. The van der Waals surface area contributed by atoms with E-state index in [0.29, 0.717) is 12.1 Å². The van der Waals surface area contributed by atoms with Gasteiger partial charge in [-0.15, -0.1) is 0 Å². The molecule has 0 bridgehead atoms. The molecule has 1 fully saturated rings. The molecule has 2 amide bonds. The number of benzene rings is 1. The smallest absolute Gasteiger partial charge is 0.251 e. The highest BCUT2D eigenvalue weighted by Crippen LogP contribution is 2.15. The van der Waals surface area contributed by atoms with Gasteiger partial charge in [-0.1, -0.05) is 15.9 Å². The Hall–Kier alpha value is -1.44. The summed E-state index contributed by atoms with van der Waals surface area (Å²) in [6.07, 6.45) is 0. The SMILES string of the molecule is CC(C)(CNC(=O)CNC(=O)c1ccc(Br)cc1)N1CCOCC1. The Kier molecular flexibility index (Phi) is 6.77. The van der Waals surface area contributed by atoms with E-state index in [1.165, 1.54) is 0 Å². The molecule has 2 rings (SSSR count). The fourth-order valence-corrected chi connectivity index (χ4v) is 2.79. The lowest BCUT2D eigenvalue weighted by Gasteiger charge is -2.40. The Labute approximate surface area is 151 Å². The highest BCUT2D eigenvalue weighted by Gasteiger charge is 2.28. The van der Waals surface area contributed by atoms with Crippen LogP contribution in [0.4, 0.5) is 0 Å². The molecule has 1 saturated heterocycles. The van der Waals surface area contributed by atoms with Crippen molar-refractivity contribution in [2.24, 2.45) is 0 Å². The van der Waals surface area contributed by atoms with Gasteiger partial charge >= 0.3 is 0 Å². The van der Waals surface area contributed by atoms with Crippen molar-refractivity contribution in [2.45, 2.75) is 19.4 Å². The van der Waals surface area contributed by atoms with Gasteiger partial charge in [-0.25, -0.2) is 0 Å². The molecular formula is C17H24BrN3O3. The van der Waals surface area contributed by atoms with E-state index in [4.69, 9.17) is 4.74 Å². The molecule has 0 atom stereocenters. The van der Waals surface area contributed by atoms with Crippen LogP contribution < -0.4 is 10.6 Å². The van der Waals surface area contributed by atoms with Gasteiger partial charge in [-0.3, -0.25) is 14.5 Å². The van der Waals surface area contributed by atoms with Gasteiger partial charge in [0, 0.05) is 35.2 Å². The van der Waals surface area contributed by atoms with Crippen molar-refractivity contribution in [3.05, 3.63) is 34.3 Å². The Morgan fingerprint density at radius 2 is 1.79 bits per heavy atom. The molecule has 1 heterocycles. The Morgan fingerprint density at radius 1 is 1.17 bits per heavy atom. The van der Waals surface area contributed by atoms with Crippen LogP contribution in [0, 0.1) is 0 Å². The summed E-state index contributed by atoms with van der Waals surface area (Å²) in [7, 11) is 0. The van der Waals surface area contributed by atoms with E-state index in [9.17, 15) is 9.59 Å². The number of morpholine rings is 1.